The maximum absolute atomic E-state index is 12.3. The van der Waals surface area contributed by atoms with E-state index in [1.807, 2.05) is 0 Å². The standard InChI is InChI=1S/C22H29NO9S/c1-13(24)30-17-9-7-15(11-18(17)31-14(2)25)8-10-19(26)33-12-16(20(27)29-6)23-21(28)32-22(3,4)5/h7,9,11,16H,8,10,12H2,1-6H3,(H,23,28)/t16-/m0/s1. The van der Waals surface area contributed by atoms with Crippen molar-refractivity contribution in [3.63, 3.8) is 0 Å². The Balaban J connectivity index is 2.71. The maximum Gasteiger partial charge on any atom is 0.408 e. The van der Waals surface area contributed by atoms with E-state index in [-0.39, 0.29) is 28.8 Å². The van der Waals surface area contributed by atoms with Crippen LogP contribution < -0.4 is 14.8 Å². The molecular weight excluding hydrogens is 454 g/mol. The highest BCUT2D eigenvalue weighted by Gasteiger charge is 2.26. The van der Waals surface area contributed by atoms with E-state index >= 15 is 0 Å². The van der Waals surface area contributed by atoms with Crippen LogP contribution in [0.4, 0.5) is 4.79 Å². The van der Waals surface area contributed by atoms with Crippen molar-refractivity contribution in [1.82, 2.24) is 5.32 Å². The van der Waals surface area contributed by atoms with Crippen molar-refractivity contribution in [3.8, 4) is 11.5 Å². The molecule has 0 fully saturated rings. The summed E-state index contributed by atoms with van der Waals surface area (Å²) in [6, 6.07) is 3.58. The summed E-state index contributed by atoms with van der Waals surface area (Å²) in [6.45, 7) is 7.49. The van der Waals surface area contributed by atoms with E-state index in [0.717, 1.165) is 11.8 Å². The lowest BCUT2D eigenvalue weighted by molar-refractivity contribution is -0.142. The van der Waals surface area contributed by atoms with Gasteiger partial charge in [-0.3, -0.25) is 14.4 Å². The number of alkyl carbamates (subject to hydrolysis) is 1. The first-order valence-electron chi connectivity index (χ1n) is 10.0. The largest absolute Gasteiger partial charge is 0.467 e. The lowest BCUT2D eigenvalue weighted by Gasteiger charge is -2.22. The number of methoxy groups -OCH3 is 1. The molecule has 0 saturated carbocycles. The Morgan fingerprint density at radius 1 is 1.00 bits per heavy atom. The van der Waals surface area contributed by atoms with Gasteiger partial charge in [-0.05, 0) is 44.9 Å². The molecule has 0 radical (unpaired) electrons. The van der Waals surface area contributed by atoms with Crippen molar-refractivity contribution in [1.29, 1.82) is 0 Å². The first-order chi connectivity index (χ1) is 15.3. The van der Waals surface area contributed by atoms with Gasteiger partial charge in [0.2, 0.25) is 0 Å². The lowest BCUT2D eigenvalue weighted by atomic mass is 10.1. The predicted molar refractivity (Wildman–Crippen MR) is 120 cm³/mol. The van der Waals surface area contributed by atoms with Crippen LogP contribution >= 0.6 is 11.8 Å². The number of amides is 1. The average molecular weight is 484 g/mol. The second-order valence-electron chi connectivity index (χ2n) is 7.87. The Morgan fingerprint density at radius 3 is 2.15 bits per heavy atom. The summed E-state index contributed by atoms with van der Waals surface area (Å²) in [6.07, 6.45) is -0.378. The van der Waals surface area contributed by atoms with Crippen LogP contribution in [0.2, 0.25) is 0 Å². The molecule has 0 aliphatic rings. The van der Waals surface area contributed by atoms with E-state index in [1.54, 1.807) is 26.8 Å². The zero-order valence-electron chi connectivity index (χ0n) is 19.5. The molecule has 1 aromatic rings. The second kappa shape index (κ2) is 12.8. The molecule has 1 N–H and O–H groups in total. The first-order valence-corrected chi connectivity index (χ1v) is 11.0. The van der Waals surface area contributed by atoms with Crippen molar-refractivity contribution in [3.05, 3.63) is 23.8 Å². The summed E-state index contributed by atoms with van der Waals surface area (Å²) in [4.78, 5) is 58.7. The van der Waals surface area contributed by atoms with Gasteiger partial charge in [-0.2, -0.15) is 0 Å². The Kier molecular flexibility index (Phi) is 10.9. The number of carbonyl (C=O) groups excluding carboxylic acids is 5. The molecule has 11 heteroatoms. The number of carbonyl (C=O) groups is 5. The maximum atomic E-state index is 12.3. The van der Waals surface area contributed by atoms with Crippen LogP contribution in [0.25, 0.3) is 0 Å². The van der Waals surface area contributed by atoms with Gasteiger partial charge < -0.3 is 24.3 Å². The van der Waals surface area contributed by atoms with Gasteiger partial charge in [0.25, 0.3) is 0 Å². The monoisotopic (exact) mass is 483 g/mol. The summed E-state index contributed by atoms with van der Waals surface area (Å²) in [5, 5.41) is 2.17. The molecule has 0 aliphatic heterocycles. The number of aryl methyl sites for hydroxylation is 1. The van der Waals surface area contributed by atoms with Crippen LogP contribution in [0.5, 0.6) is 11.5 Å². The molecule has 1 rings (SSSR count). The quantitative estimate of drug-likeness (QED) is 0.413. The van der Waals surface area contributed by atoms with Crippen molar-refractivity contribution < 1.29 is 42.9 Å². The van der Waals surface area contributed by atoms with Gasteiger partial charge in [-0.25, -0.2) is 9.59 Å². The molecule has 182 valence electrons. The normalized spacial score (nSPS) is 11.7. The Labute approximate surface area is 196 Å². The van der Waals surface area contributed by atoms with E-state index in [0.29, 0.717) is 12.0 Å². The van der Waals surface area contributed by atoms with Crippen molar-refractivity contribution in [2.24, 2.45) is 0 Å². The van der Waals surface area contributed by atoms with Crippen molar-refractivity contribution in [2.45, 2.75) is 59.1 Å². The zero-order chi connectivity index (χ0) is 25.2. The molecule has 0 aromatic heterocycles. The van der Waals surface area contributed by atoms with E-state index < -0.39 is 35.6 Å². The summed E-state index contributed by atoms with van der Waals surface area (Å²) in [7, 11) is 1.18. The van der Waals surface area contributed by atoms with Crippen LogP contribution in [-0.2, 0) is 35.1 Å². The van der Waals surface area contributed by atoms with E-state index in [2.05, 4.69) is 10.1 Å². The third-order valence-corrected chi connectivity index (χ3v) is 4.75. The molecule has 10 nitrogen and oxygen atoms in total. The minimum atomic E-state index is -1.06. The van der Waals surface area contributed by atoms with Gasteiger partial charge in [0.05, 0.1) is 7.11 Å². The number of thioether (sulfide) groups is 1. The molecule has 33 heavy (non-hydrogen) atoms. The highest BCUT2D eigenvalue weighted by atomic mass is 32.2. The number of esters is 3. The predicted octanol–water partition coefficient (Wildman–Crippen LogP) is 2.80. The highest BCUT2D eigenvalue weighted by Crippen LogP contribution is 2.29. The first kappa shape index (κ1) is 28.0. The third kappa shape index (κ3) is 11.4. The lowest BCUT2D eigenvalue weighted by Crippen LogP contribution is -2.45. The molecule has 0 unspecified atom stereocenters. The molecule has 0 saturated heterocycles. The van der Waals surface area contributed by atoms with Crippen molar-refractivity contribution in [2.75, 3.05) is 12.9 Å². The zero-order valence-corrected chi connectivity index (χ0v) is 20.3. The number of nitrogens with one attached hydrogen (secondary N) is 1. The fourth-order valence-corrected chi connectivity index (χ4v) is 3.26. The fraction of sp³-hybridized carbons (Fsp3) is 0.500. The van der Waals surface area contributed by atoms with E-state index in [9.17, 15) is 24.0 Å². The van der Waals surface area contributed by atoms with Crippen LogP contribution in [0, 0.1) is 0 Å². The topological polar surface area (TPSA) is 134 Å². The second-order valence-corrected chi connectivity index (χ2v) is 8.95. The Morgan fingerprint density at radius 2 is 1.61 bits per heavy atom. The fourth-order valence-electron chi connectivity index (χ4n) is 2.44. The van der Waals surface area contributed by atoms with Gasteiger partial charge in [-0.15, -0.1) is 0 Å². The highest BCUT2D eigenvalue weighted by molar-refractivity contribution is 8.13. The van der Waals surface area contributed by atoms with Gasteiger partial charge in [0.1, 0.15) is 11.6 Å². The number of ether oxygens (including phenoxy) is 4. The van der Waals surface area contributed by atoms with Crippen molar-refractivity contribution >= 4 is 40.9 Å². The summed E-state index contributed by atoms with van der Waals surface area (Å²) in [5.41, 5.74) is -0.0727. The van der Waals surface area contributed by atoms with Crippen LogP contribution in [0.15, 0.2) is 18.2 Å². The van der Waals surface area contributed by atoms with Gasteiger partial charge in [-0.1, -0.05) is 17.8 Å². The number of hydrogen-bond donors (Lipinski definition) is 1. The average Bonchev–Trinajstić information content (AvgIpc) is 2.68. The van der Waals surface area contributed by atoms with E-state index in [1.165, 1.54) is 33.1 Å². The smallest absolute Gasteiger partial charge is 0.408 e. The number of rotatable bonds is 9. The molecule has 0 heterocycles. The number of hydrogen-bond acceptors (Lipinski definition) is 10. The molecule has 0 spiro atoms. The Hall–Kier alpha value is -3.08. The summed E-state index contributed by atoms with van der Waals surface area (Å²) < 4.78 is 19.9. The van der Waals surface area contributed by atoms with Gasteiger partial charge in [0.15, 0.2) is 16.6 Å². The van der Waals surface area contributed by atoms with E-state index in [4.69, 9.17) is 14.2 Å². The van der Waals surface area contributed by atoms with Gasteiger partial charge >= 0.3 is 24.0 Å². The third-order valence-electron chi connectivity index (χ3n) is 3.72. The number of benzene rings is 1. The molecule has 0 aliphatic carbocycles. The summed E-state index contributed by atoms with van der Waals surface area (Å²) >= 11 is 0.869. The summed E-state index contributed by atoms with van der Waals surface area (Å²) in [5.74, 6) is -1.72. The molecule has 1 aromatic carbocycles. The van der Waals surface area contributed by atoms with Crippen LogP contribution in [0.1, 0.15) is 46.6 Å². The molecule has 1 atom stereocenters. The minimum absolute atomic E-state index is 0.0329. The van der Waals surface area contributed by atoms with Crippen LogP contribution in [-0.4, -0.2) is 53.6 Å². The van der Waals surface area contributed by atoms with Crippen LogP contribution in [0.3, 0.4) is 0 Å². The SMILES string of the molecule is COC(=O)[C@H](CSC(=O)CCc1ccc(OC(C)=O)c(OC(C)=O)c1)NC(=O)OC(C)(C)C. The Bertz CT molecular complexity index is 892. The molecular formula is C22H29NO9S. The van der Waals surface area contributed by atoms with Gasteiger partial charge in [0, 0.05) is 26.0 Å². The molecule has 0 bridgehead atoms. The molecule has 1 amide bonds. The minimum Gasteiger partial charge on any atom is -0.467 e.